The maximum atomic E-state index is 2.59. The number of rotatable bonds is 2. The molecule has 12 rings (SSSR count). The number of hydrogen-bond donors (Lipinski definition) is 0. The quantitative estimate of drug-likeness (QED) is 0.163. The smallest absolute Gasteiger partial charge is 0.0782 e. The molecule has 0 N–H and O–H groups in total. The summed E-state index contributed by atoms with van der Waals surface area (Å²) in [5, 5.41) is 15.7. The summed E-state index contributed by atoms with van der Waals surface area (Å²) in [6, 6.07) is 62.6. The van der Waals surface area contributed by atoms with Crippen LogP contribution in [0.5, 0.6) is 0 Å². The van der Waals surface area contributed by atoms with Gasteiger partial charge in [0, 0.05) is 53.5 Å². The minimum absolute atomic E-state index is 1.16. The van der Waals surface area contributed by atoms with E-state index in [1.165, 1.54) is 102 Å². The second kappa shape index (κ2) is 10.1. The number of fused-ring (bicyclic) bond motifs is 18. The second-order valence-corrected chi connectivity index (χ2v) is 14.6. The summed E-state index contributed by atoms with van der Waals surface area (Å²) in [5.74, 6) is 0. The van der Waals surface area contributed by atoms with E-state index >= 15 is 0 Å². The Bertz CT molecular complexity index is 3410. The van der Waals surface area contributed by atoms with Gasteiger partial charge in [0.2, 0.25) is 0 Å². The molecule has 0 bridgehead atoms. The predicted molar refractivity (Wildman–Crippen MR) is 221 cm³/mol. The largest absolute Gasteiger partial charge is 0.307 e. The summed E-state index contributed by atoms with van der Waals surface area (Å²) < 4.78 is 7.70. The van der Waals surface area contributed by atoms with Crippen molar-refractivity contribution in [3.8, 4) is 11.4 Å². The van der Waals surface area contributed by atoms with Crippen LogP contribution in [0, 0.1) is 0 Å². The Hall–Kier alpha value is -6.42. The van der Waals surface area contributed by atoms with E-state index in [9.17, 15) is 0 Å². The first kappa shape index (κ1) is 27.4. The van der Waals surface area contributed by atoms with E-state index in [0.29, 0.717) is 0 Å². The van der Waals surface area contributed by atoms with Gasteiger partial charge in [-0.05, 0) is 57.9 Å². The first-order valence-corrected chi connectivity index (χ1v) is 18.4. The molecule has 0 aliphatic carbocycles. The van der Waals surface area contributed by atoms with Crippen molar-refractivity contribution in [3.05, 3.63) is 170 Å². The molecule has 236 valence electrons. The molecular weight excluding hydrogens is 637 g/mol. The fraction of sp³-hybridized carbons (Fsp3) is 0. The molecule has 0 aliphatic heterocycles. The van der Waals surface area contributed by atoms with E-state index in [1.807, 2.05) is 11.3 Å². The maximum absolute atomic E-state index is 2.59. The molecule has 3 heterocycles. The highest BCUT2D eigenvalue weighted by atomic mass is 32.1. The third-order valence-corrected chi connectivity index (χ3v) is 12.2. The molecule has 0 amide bonds. The monoisotopic (exact) mass is 664 g/mol. The van der Waals surface area contributed by atoms with Crippen LogP contribution in [0.4, 0.5) is 0 Å². The summed E-state index contributed by atoms with van der Waals surface area (Å²) in [4.78, 5) is 0. The lowest BCUT2D eigenvalue weighted by atomic mass is 9.89. The van der Waals surface area contributed by atoms with Crippen LogP contribution >= 0.6 is 11.3 Å². The standard InChI is InChI=1S/C48H28N2S/c1-2-15-29(16-3-1)49-38-25-11-8-19-32(38)35-24-14-27-40(46(35)49)50-39-26-12-9-22-36(39)44-42-33-20-6-4-17-30(33)31-18-5-7-21-34(31)43(42)45-37-23-10-13-28-41(37)51-48(45)47(44)50/h1-28H. The highest BCUT2D eigenvalue weighted by Gasteiger charge is 2.26. The van der Waals surface area contributed by atoms with Crippen molar-refractivity contribution in [1.82, 2.24) is 9.13 Å². The highest BCUT2D eigenvalue weighted by molar-refractivity contribution is 7.27. The van der Waals surface area contributed by atoms with Gasteiger partial charge in [-0.15, -0.1) is 11.3 Å². The van der Waals surface area contributed by atoms with Crippen molar-refractivity contribution in [3.63, 3.8) is 0 Å². The topological polar surface area (TPSA) is 9.86 Å². The predicted octanol–water partition coefficient (Wildman–Crippen LogP) is 13.7. The van der Waals surface area contributed by atoms with Crippen molar-refractivity contribution >= 4 is 107 Å². The molecule has 0 radical (unpaired) electrons. The molecule has 9 aromatic carbocycles. The van der Waals surface area contributed by atoms with Crippen molar-refractivity contribution < 1.29 is 0 Å². The van der Waals surface area contributed by atoms with E-state index < -0.39 is 0 Å². The Kier molecular flexibility index (Phi) is 5.41. The molecule has 0 aliphatic rings. The lowest BCUT2D eigenvalue weighted by Gasteiger charge is -2.16. The Balaban J connectivity index is 1.42. The van der Waals surface area contributed by atoms with E-state index in [0.717, 1.165) is 5.69 Å². The molecular formula is C48H28N2S. The van der Waals surface area contributed by atoms with Gasteiger partial charge >= 0.3 is 0 Å². The Morgan fingerprint density at radius 1 is 0.314 bits per heavy atom. The van der Waals surface area contributed by atoms with Gasteiger partial charge < -0.3 is 9.13 Å². The average molecular weight is 665 g/mol. The van der Waals surface area contributed by atoms with Gasteiger partial charge in [0.1, 0.15) is 0 Å². The molecule has 0 fully saturated rings. The first-order valence-electron chi connectivity index (χ1n) is 17.5. The Labute approximate surface area is 296 Å². The first-order chi connectivity index (χ1) is 25.4. The zero-order valence-electron chi connectivity index (χ0n) is 27.5. The zero-order chi connectivity index (χ0) is 33.2. The maximum Gasteiger partial charge on any atom is 0.0782 e. The van der Waals surface area contributed by atoms with Crippen LogP contribution in [0.3, 0.4) is 0 Å². The van der Waals surface area contributed by atoms with Crippen LogP contribution in [0.15, 0.2) is 170 Å². The SMILES string of the molecule is c1ccc(-n2c3ccccc3c3cccc(-n4c5ccccc5c5c6c7ccccc7c7ccccc7c6c6c7ccccc7sc6c54)c32)cc1. The normalized spacial score (nSPS) is 12.3. The van der Waals surface area contributed by atoms with Crippen LogP contribution < -0.4 is 0 Å². The van der Waals surface area contributed by atoms with Crippen molar-refractivity contribution in [1.29, 1.82) is 0 Å². The number of para-hydroxylation sites is 4. The van der Waals surface area contributed by atoms with Gasteiger partial charge in [0.25, 0.3) is 0 Å². The lowest BCUT2D eigenvalue weighted by molar-refractivity contribution is 1.13. The summed E-state index contributed by atoms with van der Waals surface area (Å²) in [7, 11) is 0. The van der Waals surface area contributed by atoms with Crippen LogP contribution in [-0.2, 0) is 0 Å². The Morgan fingerprint density at radius 3 is 1.57 bits per heavy atom. The fourth-order valence-electron chi connectivity index (χ4n) is 9.11. The number of aromatic nitrogens is 2. The number of nitrogens with zero attached hydrogens (tertiary/aromatic N) is 2. The molecule has 0 spiro atoms. The summed E-state index contributed by atoms with van der Waals surface area (Å²) >= 11 is 1.93. The van der Waals surface area contributed by atoms with E-state index in [2.05, 4.69) is 179 Å². The van der Waals surface area contributed by atoms with Crippen molar-refractivity contribution in [2.45, 2.75) is 0 Å². The molecule has 2 nitrogen and oxygen atoms in total. The molecule has 0 unspecified atom stereocenters. The molecule has 3 aromatic heterocycles. The minimum Gasteiger partial charge on any atom is -0.307 e. The molecule has 51 heavy (non-hydrogen) atoms. The zero-order valence-corrected chi connectivity index (χ0v) is 28.3. The summed E-state index contributed by atoms with van der Waals surface area (Å²) in [5.41, 5.74) is 7.26. The molecule has 0 saturated carbocycles. The number of thiophene rings is 1. The van der Waals surface area contributed by atoms with Gasteiger partial charge in [0.15, 0.2) is 0 Å². The Morgan fingerprint density at radius 2 is 0.843 bits per heavy atom. The van der Waals surface area contributed by atoms with Gasteiger partial charge in [0.05, 0.1) is 32.5 Å². The van der Waals surface area contributed by atoms with Gasteiger partial charge in [-0.3, -0.25) is 0 Å². The fourth-order valence-corrected chi connectivity index (χ4v) is 10.4. The van der Waals surface area contributed by atoms with Gasteiger partial charge in [-0.25, -0.2) is 0 Å². The third kappa shape index (κ3) is 3.51. The van der Waals surface area contributed by atoms with Gasteiger partial charge in [-0.1, -0.05) is 133 Å². The minimum atomic E-state index is 1.16. The molecule has 3 heteroatoms. The van der Waals surface area contributed by atoms with E-state index in [1.54, 1.807) is 0 Å². The molecule has 12 aromatic rings. The van der Waals surface area contributed by atoms with Crippen molar-refractivity contribution in [2.24, 2.45) is 0 Å². The van der Waals surface area contributed by atoms with Crippen LogP contribution in [0.25, 0.3) is 107 Å². The number of benzene rings is 9. The molecule has 0 atom stereocenters. The van der Waals surface area contributed by atoms with Crippen LogP contribution in [0.2, 0.25) is 0 Å². The van der Waals surface area contributed by atoms with Crippen LogP contribution in [0.1, 0.15) is 0 Å². The number of hydrogen-bond acceptors (Lipinski definition) is 1. The van der Waals surface area contributed by atoms with Crippen molar-refractivity contribution in [2.75, 3.05) is 0 Å². The lowest BCUT2D eigenvalue weighted by Crippen LogP contribution is -2.00. The average Bonchev–Trinajstić information content (AvgIpc) is 3.86. The second-order valence-electron chi connectivity index (χ2n) is 13.6. The summed E-state index contributed by atoms with van der Waals surface area (Å²) in [6.07, 6.45) is 0. The van der Waals surface area contributed by atoms with Gasteiger partial charge in [-0.2, -0.15) is 0 Å². The van der Waals surface area contributed by atoms with Crippen LogP contribution in [-0.4, -0.2) is 9.13 Å². The molecule has 0 saturated heterocycles. The van der Waals surface area contributed by atoms with E-state index in [4.69, 9.17) is 0 Å². The highest BCUT2D eigenvalue weighted by Crippen LogP contribution is 2.52. The van der Waals surface area contributed by atoms with E-state index in [-0.39, 0.29) is 0 Å². The summed E-state index contributed by atoms with van der Waals surface area (Å²) in [6.45, 7) is 0. The third-order valence-electron chi connectivity index (χ3n) is 11.0.